The average molecular weight is 351 g/mol. The Morgan fingerprint density at radius 3 is 2.24 bits per heavy atom. The molecule has 0 radical (unpaired) electrons. The van der Waals surface area contributed by atoms with E-state index in [1.807, 2.05) is 29.6 Å². The molecule has 4 nitrogen and oxygen atoms in total. The van der Waals surface area contributed by atoms with Crippen LogP contribution in [-0.2, 0) is 4.74 Å². The number of thiophene rings is 1. The molecule has 0 saturated heterocycles. The van der Waals surface area contributed by atoms with Crippen LogP contribution < -0.4 is 5.32 Å². The van der Waals surface area contributed by atoms with Gasteiger partial charge in [0.15, 0.2) is 0 Å². The van der Waals surface area contributed by atoms with E-state index in [1.165, 1.54) is 4.88 Å². The first-order valence-electron chi connectivity index (χ1n) is 7.90. The van der Waals surface area contributed by atoms with Gasteiger partial charge in [0.2, 0.25) is 0 Å². The number of carbonyl (C=O) groups is 2. The SMILES string of the molecule is CCOC(=O)c1ccc(NC(=O)c2ccc(-c3cccs3)cc2)cc1. The number of rotatable bonds is 5. The van der Waals surface area contributed by atoms with Crippen molar-refractivity contribution in [2.24, 2.45) is 0 Å². The molecular weight excluding hydrogens is 334 g/mol. The van der Waals surface area contributed by atoms with Gasteiger partial charge < -0.3 is 10.1 Å². The highest BCUT2D eigenvalue weighted by Gasteiger charge is 2.09. The summed E-state index contributed by atoms with van der Waals surface area (Å²) in [6.07, 6.45) is 0. The maximum Gasteiger partial charge on any atom is 0.338 e. The summed E-state index contributed by atoms with van der Waals surface area (Å²) >= 11 is 1.66. The topological polar surface area (TPSA) is 55.4 Å². The lowest BCUT2D eigenvalue weighted by Crippen LogP contribution is -2.12. The quantitative estimate of drug-likeness (QED) is 0.669. The van der Waals surface area contributed by atoms with Gasteiger partial charge in [-0.2, -0.15) is 0 Å². The average Bonchev–Trinajstić information content (AvgIpc) is 3.17. The molecule has 1 aromatic heterocycles. The number of nitrogens with one attached hydrogen (secondary N) is 1. The van der Waals surface area contributed by atoms with E-state index in [1.54, 1.807) is 54.7 Å². The number of hydrogen-bond acceptors (Lipinski definition) is 4. The molecule has 3 aromatic rings. The van der Waals surface area contributed by atoms with E-state index in [2.05, 4.69) is 5.32 Å². The smallest absolute Gasteiger partial charge is 0.338 e. The van der Waals surface area contributed by atoms with Crippen LogP contribution in [0, 0.1) is 0 Å². The number of carbonyl (C=O) groups excluding carboxylic acids is 2. The third kappa shape index (κ3) is 4.14. The Morgan fingerprint density at radius 2 is 1.64 bits per heavy atom. The van der Waals surface area contributed by atoms with Crippen LogP contribution in [0.15, 0.2) is 66.0 Å². The molecule has 0 spiro atoms. The summed E-state index contributed by atoms with van der Waals surface area (Å²) in [6, 6.07) is 18.2. The molecule has 2 aromatic carbocycles. The molecule has 0 fully saturated rings. The Morgan fingerprint density at radius 1 is 0.960 bits per heavy atom. The van der Waals surface area contributed by atoms with Crippen LogP contribution in [0.4, 0.5) is 5.69 Å². The molecule has 3 rings (SSSR count). The van der Waals surface area contributed by atoms with Crippen molar-refractivity contribution in [3.05, 3.63) is 77.2 Å². The summed E-state index contributed by atoms with van der Waals surface area (Å²) in [5, 5.41) is 4.85. The highest BCUT2D eigenvalue weighted by atomic mass is 32.1. The lowest BCUT2D eigenvalue weighted by atomic mass is 10.1. The van der Waals surface area contributed by atoms with Crippen LogP contribution in [0.1, 0.15) is 27.6 Å². The van der Waals surface area contributed by atoms with E-state index in [0.29, 0.717) is 23.4 Å². The predicted octanol–water partition coefficient (Wildman–Crippen LogP) is 4.84. The zero-order valence-electron chi connectivity index (χ0n) is 13.7. The van der Waals surface area contributed by atoms with E-state index in [-0.39, 0.29) is 11.9 Å². The predicted molar refractivity (Wildman–Crippen MR) is 100 cm³/mol. The van der Waals surface area contributed by atoms with Gasteiger partial charge in [-0.05, 0) is 60.3 Å². The van der Waals surface area contributed by atoms with Gasteiger partial charge >= 0.3 is 5.97 Å². The fraction of sp³-hybridized carbons (Fsp3) is 0.100. The van der Waals surface area contributed by atoms with Crippen molar-refractivity contribution in [3.8, 4) is 10.4 Å². The molecule has 0 aliphatic carbocycles. The normalized spacial score (nSPS) is 10.3. The summed E-state index contributed by atoms with van der Waals surface area (Å²) in [4.78, 5) is 25.1. The standard InChI is InChI=1S/C20H17NO3S/c1-2-24-20(23)16-9-11-17(12-10-16)21-19(22)15-7-5-14(6-8-15)18-4-3-13-25-18/h3-13H,2H2,1H3,(H,21,22). The second-order valence-corrected chi connectivity index (χ2v) is 6.25. The van der Waals surface area contributed by atoms with Crippen molar-refractivity contribution in [2.75, 3.05) is 11.9 Å². The highest BCUT2D eigenvalue weighted by molar-refractivity contribution is 7.13. The Hall–Kier alpha value is -2.92. The Kier molecular flexibility index (Phi) is 5.26. The Labute approximate surface area is 150 Å². The summed E-state index contributed by atoms with van der Waals surface area (Å²) < 4.78 is 4.93. The first-order valence-corrected chi connectivity index (χ1v) is 8.78. The van der Waals surface area contributed by atoms with Gasteiger partial charge in [0.1, 0.15) is 0 Å². The van der Waals surface area contributed by atoms with Crippen molar-refractivity contribution < 1.29 is 14.3 Å². The Balaban J connectivity index is 1.66. The van der Waals surface area contributed by atoms with Crippen LogP contribution in [0.5, 0.6) is 0 Å². The number of anilines is 1. The summed E-state index contributed by atoms with van der Waals surface area (Å²) in [7, 11) is 0. The molecule has 0 aliphatic rings. The summed E-state index contributed by atoms with van der Waals surface area (Å²) in [5.41, 5.74) is 2.75. The van der Waals surface area contributed by atoms with Crippen molar-refractivity contribution in [3.63, 3.8) is 0 Å². The van der Waals surface area contributed by atoms with Crippen LogP contribution in [0.3, 0.4) is 0 Å². The van der Waals surface area contributed by atoms with Crippen molar-refractivity contribution in [1.82, 2.24) is 0 Å². The molecule has 1 N–H and O–H groups in total. The molecule has 126 valence electrons. The van der Waals surface area contributed by atoms with Gasteiger partial charge in [0, 0.05) is 16.1 Å². The fourth-order valence-electron chi connectivity index (χ4n) is 2.34. The minimum Gasteiger partial charge on any atom is -0.462 e. The molecular formula is C20H17NO3S. The molecule has 5 heteroatoms. The molecule has 0 saturated carbocycles. The number of esters is 1. The highest BCUT2D eigenvalue weighted by Crippen LogP contribution is 2.24. The van der Waals surface area contributed by atoms with Crippen LogP contribution in [0.2, 0.25) is 0 Å². The molecule has 1 amide bonds. The third-order valence-corrected chi connectivity index (χ3v) is 4.53. The third-order valence-electron chi connectivity index (χ3n) is 3.61. The summed E-state index contributed by atoms with van der Waals surface area (Å²) in [5.74, 6) is -0.564. The van der Waals surface area contributed by atoms with Crippen LogP contribution in [-0.4, -0.2) is 18.5 Å². The second-order valence-electron chi connectivity index (χ2n) is 5.31. The fourth-order valence-corrected chi connectivity index (χ4v) is 3.07. The van der Waals surface area contributed by atoms with E-state index < -0.39 is 0 Å². The minimum atomic E-state index is -0.371. The molecule has 0 aliphatic heterocycles. The number of hydrogen-bond donors (Lipinski definition) is 1. The maximum absolute atomic E-state index is 12.3. The zero-order chi connectivity index (χ0) is 17.6. The Bertz CT molecular complexity index is 853. The number of ether oxygens (including phenoxy) is 1. The summed E-state index contributed by atoms with van der Waals surface area (Å²) in [6.45, 7) is 2.09. The van der Waals surface area contributed by atoms with Crippen LogP contribution in [0.25, 0.3) is 10.4 Å². The van der Waals surface area contributed by atoms with Crippen molar-refractivity contribution in [2.45, 2.75) is 6.92 Å². The second kappa shape index (κ2) is 7.77. The van der Waals surface area contributed by atoms with Crippen molar-refractivity contribution >= 4 is 28.9 Å². The van der Waals surface area contributed by atoms with E-state index in [9.17, 15) is 9.59 Å². The molecule has 0 unspecified atom stereocenters. The first kappa shape index (κ1) is 16.9. The van der Waals surface area contributed by atoms with Gasteiger partial charge in [-0.3, -0.25) is 4.79 Å². The van der Waals surface area contributed by atoms with Gasteiger partial charge in [-0.1, -0.05) is 18.2 Å². The molecule has 25 heavy (non-hydrogen) atoms. The first-order chi connectivity index (χ1) is 12.2. The van der Waals surface area contributed by atoms with Gasteiger partial charge in [0.25, 0.3) is 5.91 Å². The van der Waals surface area contributed by atoms with E-state index in [0.717, 1.165) is 5.56 Å². The number of amides is 1. The number of benzene rings is 2. The molecule has 0 bridgehead atoms. The monoisotopic (exact) mass is 351 g/mol. The van der Waals surface area contributed by atoms with Crippen LogP contribution >= 0.6 is 11.3 Å². The van der Waals surface area contributed by atoms with E-state index in [4.69, 9.17) is 4.74 Å². The van der Waals surface area contributed by atoms with Crippen molar-refractivity contribution in [1.29, 1.82) is 0 Å². The van der Waals surface area contributed by atoms with Gasteiger partial charge in [0.05, 0.1) is 12.2 Å². The van der Waals surface area contributed by atoms with Gasteiger partial charge in [-0.25, -0.2) is 4.79 Å². The molecule has 0 atom stereocenters. The lowest BCUT2D eigenvalue weighted by molar-refractivity contribution is 0.0526. The largest absolute Gasteiger partial charge is 0.462 e. The maximum atomic E-state index is 12.3. The lowest BCUT2D eigenvalue weighted by Gasteiger charge is -2.07. The van der Waals surface area contributed by atoms with E-state index >= 15 is 0 Å². The molecule has 1 heterocycles. The minimum absolute atomic E-state index is 0.193. The van der Waals surface area contributed by atoms with Gasteiger partial charge in [-0.15, -0.1) is 11.3 Å². The zero-order valence-corrected chi connectivity index (χ0v) is 14.5.